The van der Waals surface area contributed by atoms with Crippen molar-refractivity contribution in [1.29, 1.82) is 0 Å². The third-order valence-electron chi connectivity index (χ3n) is 3.19. The highest BCUT2D eigenvalue weighted by atomic mass is 16.6. The van der Waals surface area contributed by atoms with Crippen LogP contribution in [0, 0.1) is 5.92 Å². The summed E-state index contributed by atoms with van der Waals surface area (Å²) in [6.45, 7) is 5.15. The van der Waals surface area contributed by atoms with Crippen molar-refractivity contribution in [2.75, 3.05) is 27.4 Å². The molecule has 1 aliphatic rings. The second-order valence-corrected chi connectivity index (χ2v) is 5.49. The van der Waals surface area contributed by atoms with Crippen molar-refractivity contribution in [1.82, 2.24) is 0 Å². The molecule has 0 aliphatic carbocycles. The highest BCUT2D eigenvalue weighted by molar-refractivity contribution is 6.01. The van der Waals surface area contributed by atoms with E-state index in [-0.39, 0.29) is 17.8 Å². The normalized spacial score (nSPS) is 16.7. The Kier molecular flexibility index (Phi) is 5.07. The van der Waals surface area contributed by atoms with E-state index < -0.39 is 0 Å². The lowest BCUT2D eigenvalue weighted by atomic mass is 9.99. The molecule has 0 bridgehead atoms. The molecular formula is C16H22O5. The zero-order valence-corrected chi connectivity index (χ0v) is 13.0. The van der Waals surface area contributed by atoms with Gasteiger partial charge in [0.1, 0.15) is 35.5 Å². The van der Waals surface area contributed by atoms with Crippen molar-refractivity contribution in [3.05, 3.63) is 17.7 Å². The summed E-state index contributed by atoms with van der Waals surface area (Å²) in [5, 5.41) is 0. The fourth-order valence-corrected chi connectivity index (χ4v) is 2.05. The van der Waals surface area contributed by atoms with E-state index in [0.717, 1.165) is 0 Å². The Labute approximate surface area is 125 Å². The predicted octanol–water partition coefficient (Wildman–Crippen LogP) is 2.71. The average Bonchev–Trinajstić information content (AvgIpc) is 3.27. The van der Waals surface area contributed by atoms with Gasteiger partial charge in [0.15, 0.2) is 5.78 Å². The third kappa shape index (κ3) is 4.11. The number of rotatable bonds is 8. The van der Waals surface area contributed by atoms with E-state index in [1.165, 1.54) is 7.11 Å². The van der Waals surface area contributed by atoms with Crippen LogP contribution in [-0.2, 0) is 4.74 Å². The fraction of sp³-hybridized carbons (Fsp3) is 0.562. The summed E-state index contributed by atoms with van der Waals surface area (Å²) in [4.78, 5) is 12.5. The summed E-state index contributed by atoms with van der Waals surface area (Å²) in [6, 6.07) is 3.42. The summed E-state index contributed by atoms with van der Waals surface area (Å²) in [5.41, 5.74) is 0.479. The number of carbonyl (C=O) groups is 1. The first-order valence-electron chi connectivity index (χ1n) is 7.08. The standard InChI is InChI=1S/C16H22O5/c1-10(2)5-13(17)16-14(19-4)6-11(18-3)7-15(16)21-9-12-8-20-12/h6-7,10,12H,5,8-9H2,1-4H3. The van der Waals surface area contributed by atoms with Crippen molar-refractivity contribution in [3.8, 4) is 17.2 Å². The number of ketones is 1. The summed E-state index contributed by atoms with van der Waals surface area (Å²) >= 11 is 0. The molecular weight excluding hydrogens is 272 g/mol. The molecule has 21 heavy (non-hydrogen) atoms. The summed E-state index contributed by atoms with van der Waals surface area (Å²) in [7, 11) is 3.10. The molecule has 1 fully saturated rings. The Morgan fingerprint density at radius 3 is 2.48 bits per heavy atom. The smallest absolute Gasteiger partial charge is 0.170 e. The second-order valence-electron chi connectivity index (χ2n) is 5.49. The first-order chi connectivity index (χ1) is 10.0. The van der Waals surface area contributed by atoms with Gasteiger partial charge in [0, 0.05) is 18.6 Å². The minimum absolute atomic E-state index is 0.0104. The number of hydrogen-bond donors (Lipinski definition) is 0. The monoisotopic (exact) mass is 294 g/mol. The first-order valence-corrected chi connectivity index (χ1v) is 7.08. The third-order valence-corrected chi connectivity index (χ3v) is 3.19. The van der Waals surface area contributed by atoms with E-state index in [9.17, 15) is 4.79 Å². The molecule has 0 aromatic heterocycles. The number of benzene rings is 1. The summed E-state index contributed by atoms with van der Waals surface area (Å²) in [6.07, 6.45) is 0.564. The molecule has 1 saturated heterocycles. The number of carbonyl (C=O) groups excluding carboxylic acids is 1. The molecule has 116 valence electrons. The fourth-order valence-electron chi connectivity index (χ4n) is 2.05. The quantitative estimate of drug-likeness (QED) is 0.545. The molecule has 1 aromatic carbocycles. The molecule has 0 amide bonds. The summed E-state index contributed by atoms with van der Waals surface area (Å²) < 4.78 is 21.5. The van der Waals surface area contributed by atoms with Gasteiger partial charge in [0.2, 0.25) is 0 Å². The van der Waals surface area contributed by atoms with E-state index in [0.29, 0.717) is 42.4 Å². The zero-order chi connectivity index (χ0) is 15.4. The van der Waals surface area contributed by atoms with Crippen LogP contribution in [-0.4, -0.2) is 39.3 Å². The first kappa shape index (κ1) is 15.6. The van der Waals surface area contributed by atoms with Gasteiger partial charge in [-0.15, -0.1) is 0 Å². The highest BCUT2D eigenvalue weighted by Crippen LogP contribution is 2.36. The molecule has 1 aromatic rings. The minimum Gasteiger partial charge on any atom is -0.496 e. The van der Waals surface area contributed by atoms with Crippen molar-refractivity contribution < 1.29 is 23.7 Å². The van der Waals surface area contributed by atoms with Gasteiger partial charge in [-0.3, -0.25) is 4.79 Å². The van der Waals surface area contributed by atoms with Gasteiger partial charge in [-0.25, -0.2) is 0 Å². The molecule has 1 unspecified atom stereocenters. The minimum atomic E-state index is 0.0104. The van der Waals surface area contributed by atoms with Crippen LogP contribution in [0.3, 0.4) is 0 Å². The molecule has 0 saturated carbocycles. The molecule has 1 aliphatic heterocycles. The molecule has 2 rings (SSSR count). The lowest BCUT2D eigenvalue weighted by molar-refractivity contribution is 0.0960. The highest BCUT2D eigenvalue weighted by Gasteiger charge is 2.26. The van der Waals surface area contributed by atoms with Gasteiger partial charge in [-0.2, -0.15) is 0 Å². The van der Waals surface area contributed by atoms with Crippen LogP contribution in [0.15, 0.2) is 12.1 Å². The van der Waals surface area contributed by atoms with Crippen molar-refractivity contribution in [2.45, 2.75) is 26.4 Å². The molecule has 0 spiro atoms. The van der Waals surface area contributed by atoms with E-state index in [2.05, 4.69) is 0 Å². The van der Waals surface area contributed by atoms with Crippen LogP contribution in [0.4, 0.5) is 0 Å². The Bertz CT molecular complexity index is 506. The van der Waals surface area contributed by atoms with Gasteiger partial charge in [0.05, 0.1) is 20.8 Å². The molecule has 1 atom stereocenters. The van der Waals surface area contributed by atoms with Gasteiger partial charge >= 0.3 is 0 Å². The van der Waals surface area contributed by atoms with E-state index in [1.54, 1.807) is 19.2 Å². The summed E-state index contributed by atoms with van der Waals surface area (Å²) in [5.74, 6) is 1.85. The zero-order valence-electron chi connectivity index (χ0n) is 13.0. The van der Waals surface area contributed by atoms with E-state index in [1.807, 2.05) is 13.8 Å². The van der Waals surface area contributed by atoms with Gasteiger partial charge in [-0.1, -0.05) is 13.8 Å². The number of epoxide rings is 1. The Morgan fingerprint density at radius 1 is 1.29 bits per heavy atom. The maximum absolute atomic E-state index is 12.5. The van der Waals surface area contributed by atoms with Crippen LogP contribution in [0.1, 0.15) is 30.6 Å². The van der Waals surface area contributed by atoms with Gasteiger partial charge < -0.3 is 18.9 Å². The predicted molar refractivity (Wildman–Crippen MR) is 78.6 cm³/mol. The van der Waals surface area contributed by atoms with Crippen molar-refractivity contribution in [2.24, 2.45) is 5.92 Å². The van der Waals surface area contributed by atoms with Crippen molar-refractivity contribution >= 4 is 5.78 Å². The Balaban J connectivity index is 2.33. The Morgan fingerprint density at radius 2 is 1.95 bits per heavy atom. The molecule has 0 N–H and O–H groups in total. The van der Waals surface area contributed by atoms with E-state index >= 15 is 0 Å². The van der Waals surface area contributed by atoms with Crippen LogP contribution in [0.2, 0.25) is 0 Å². The number of Topliss-reactive ketones (excluding diaryl/α,β-unsaturated/α-hetero) is 1. The second kappa shape index (κ2) is 6.80. The lowest BCUT2D eigenvalue weighted by Crippen LogP contribution is -2.12. The Hall–Kier alpha value is -1.75. The van der Waals surface area contributed by atoms with Crippen LogP contribution in [0.5, 0.6) is 17.2 Å². The maximum atomic E-state index is 12.5. The molecule has 5 heteroatoms. The van der Waals surface area contributed by atoms with Crippen LogP contribution >= 0.6 is 0 Å². The largest absolute Gasteiger partial charge is 0.496 e. The van der Waals surface area contributed by atoms with Crippen molar-refractivity contribution in [3.63, 3.8) is 0 Å². The number of methoxy groups -OCH3 is 2. The van der Waals surface area contributed by atoms with Crippen LogP contribution in [0.25, 0.3) is 0 Å². The SMILES string of the molecule is COc1cc(OC)c(C(=O)CC(C)C)c(OCC2CO2)c1. The molecule has 0 radical (unpaired) electrons. The molecule has 1 heterocycles. The van der Waals surface area contributed by atoms with E-state index in [4.69, 9.17) is 18.9 Å². The van der Waals surface area contributed by atoms with Gasteiger partial charge in [-0.05, 0) is 5.92 Å². The average molecular weight is 294 g/mol. The topological polar surface area (TPSA) is 57.3 Å². The number of hydrogen-bond acceptors (Lipinski definition) is 5. The lowest BCUT2D eigenvalue weighted by Gasteiger charge is -2.16. The molecule has 5 nitrogen and oxygen atoms in total. The number of ether oxygens (including phenoxy) is 4. The van der Waals surface area contributed by atoms with Gasteiger partial charge in [0.25, 0.3) is 0 Å². The maximum Gasteiger partial charge on any atom is 0.170 e. The van der Waals surface area contributed by atoms with Crippen LogP contribution < -0.4 is 14.2 Å².